The van der Waals surface area contributed by atoms with Gasteiger partial charge in [-0.15, -0.1) is 0 Å². The minimum Gasteiger partial charge on any atom is -0.465 e. The number of piperidine rings is 1. The summed E-state index contributed by atoms with van der Waals surface area (Å²) in [5.74, 6) is 0.802. The van der Waals surface area contributed by atoms with Gasteiger partial charge in [-0.25, -0.2) is 14.8 Å². The van der Waals surface area contributed by atoms with E-state index >= 15 is 0 Å². The summed E-state index contributed by atoms with van der Waals surface area (Å²) >= 11 is 6.95. The topological polar surface area (TPSA) is 134 Å². The van der Waals surface area contributed by atoms with Crippen LogP contribution in [0, 0.1) is 11.3 Å². The van der Waals surface area contributed by atoms with E-state index in [4.69, 9.17) is 31.6 Å². The summed E-state index contributed by atoms with van der Waals surface area (Å²) in [7, 11) is -1.25. The van der Waals surface area contributed by atoms with Crippen molar-refractivity contribution in [3.8, 4) is 17.2 Å². The van der Waals surface area contributed by atoms with Gasteiger partial charge in [0.25, 0.3) is 0 Å². The summed E-state index contributed by atoms with van der Waals surface area (Å²) in [5.41, 5.74) is 3.84. The number of benzene rings is 1. The smallest absolute Gasteiger partial charge is 0.404 e. The number of hydrogen-bond donors (Lipinski definition) is 2. The normalized spacial score (nSPS) is 20.4. The first-order valence-corrected chi connectivity index (χ1v) is 18.4. The molecule has 3 atom stereocenters. The number of ether oxygens (including phenoxy) is 1. The van der Waals surface area contributed by atoms with Gasteiger partial charge in [0.2, 0.25) is 0 Å². The van der Waals surface area contributed by atoms with Crippen molar-refractivity contribution in [1.82, 2.24) is 29.6 Å². The molecule has 5 heterocycles. The minimum atomic E-state index is -1.25. The molecule has 2 saturated heterocycles. The van der Waals surface area contributed by atoms with Gasteiger partial charge in [-0.3, -0.25) is 4.68 Å². The molecule has 1 amide bonds. The van der Waals surface area contributed by atoms with Gasteiger partial charge in [-0.2, -0.15) is 10.4 Å². The highest BCUT2D eigenvalue weighted by atomic mass is 35.5. The Kier molecular flexibility index (Phi) is 7.59. The largest absolute Gasteiger partial charge is 0.465 e. The highest BCUT2D eigenvalue weighted by molar-refractivity contribution is 6.76. The number of carbonyl (C=O) groups is 1. The van der Waals surface area contributed by atoms with Gasteiger partial charge in [0, 0.05) is 61.7 Å². The number of hydrogen-bond acceptors (Lipinski definition) is 7. The first-order valence-electron chi connectivity index (χ1n) is 14.4. The fraction of sp³-hybridized carbons (Fsp3) is 0.483. The number of fused-ring (bicyclic) bond motifs is 4. The van der Waals surface area contributed by atoms with Crippen molar-refractivity contribution in [3.05, 3.63) is 35.7 Å². The van der Waals surface area contributed by atoms with E-state index in [1.54, 1.807) is 10.9 Å². The standard InChI is InChI=1S/C29H35ClN8O3Si/c1-42(2,3)11-10-41-17-36-15-22(21-6-7-24-23(26(21)30)16-37(35-24)9-8-31)27-28(36)34-25(14-32-27)38-19-4-5-20(38)13-18(12-19)33-29(39)40/h6-7,14-16,18-20,33H,4-5,9-13,17H2,1-3H3,(H,39,40)/t18?,19-,20+. The molecule has 0 radical (unpaired) electrons. The van der Waals surface area contributed by atoms with Crippen LogP contribution >= 0.6 is 11.6 Å². The Morgan fingerprint density at radius 2 is 1.98 bits per heavy atom. The van der Waals surface area contributed by atoms with Crippen molar-refractivity contribution in [3.63, 3.8) is 0 Å². The SMILES string of the molecule is C[Si](C)(C)CCOCn1cc(-c2ccc3nn(CC#N)cc3c2Cl)c2ncc(N3[C@@H]4CC[C@H]3CC(NC(=O)O)C4)nc21. The molecule has 2 N–H and O–H groups in total. The quantitative estimate of drug-likeness (QED) is 0.183. The van der Waals surface area contributed by atoms with Gasteiger partial charge < -0.3 is 24.6 Å². The van der Waals surface area contributed by atoms with Crippen molar-refractivity contribution in [2.45, 2.75) is 82.8 Å². The van der Waals surface area contributed by atoms with Crippen LogP contribution in [0.25, 0.3) is 33.2 Å². The third-order valence-corrected chi connectivity index (χ3v) is 10.4. The molecular weight excluding hydrogens is 572 g/mol. The molecule has 220 valence electrons. The number of nitriles is 1. The Bertz CT molecular complexity index is 1680. The Balaban J connectivity index is 1.37. The van der Waals surface area contributed by atoms with E-state index in [9.17, 15) is 9.90 Å². The molecule has 13 heteroatoms. The van der Waals surface area contributed by atoms with Crippen LogP contribution in [-0.4, -0.2) is 68.3 Å². The second-order valence-corrected chi connectivity index (χ2v) is 18.5. The molecule has 2 aliphatic heterocycles. The Labute approximate surface area is 250 Å². The van der Waals surface area contributed by atoms with Crippen molar-refractivity contribution in [2.24, 2.45) is 0 Å². The van der Waals surface area contributed by atoms with Crippen LogP contribution in [0.2, 0.25) is 30.7 Å². The van der Waals surface area contributed by atoms with E-state index in [0.29, 0.717) is 18.4 Å². The van der Waals surface area contributed by atoms with Gasteiger partial charge in [-0.1, -0.05) is 37.3 Å². The molecule has 2 fully saturated rings. The minimum absolute atomic E-state index is 0.0438. The lowest BCUT2D eigenvalue weighted by Gasteiger charge is -2.39. The molecule has 0 spiro atoms. The Hall–Kier alpha value is -3.66. The molecule has 3 aromatic heterocycles. The summed E-state index contributed by atoms with van der Waals surface area (Å²) in [4.78, 5) is 23.7. The van der Waals surface area contributed by atoms with Gasteiger partial charge in [-0.05, 0) is 37.8 Å². The predicted molar refractivity (Wildman–Crippen MR) is 164 cm³/mol. The summed E-state index contributed by atoms with van der Waals surface area (Å²) < 4.78 is 9.74. The maximum absolute atomic E-state index is 11.3. The number of rotatable bonds is 9. The molecule has 42 heavy (non-hydrogen) atoms. The lowest BCUT2D eigenvalue weighted by molar-refractivity contribution is 0.0899. The molecule has 1 unspecified atom stereocenters. The number of carboxylic acid groups (broad SMARTS) is 1. The Morgan fingerprint density at radius 3 is 2.67 bits per heavy atom. The maximum atomic E-state index is 11.3. The zero-order valence-electron chi connectivity index (χ0n) is 24.0. The zero-order valence-corrected chi connectivity index (χ0v) is 25.8. The Morgan fingerprint density at radius 1 is 1.21 bits per heavy atom. The van der Waals surface area contributed by atoms with E-state index in [2.05, 4.69) is 41.0 Å². The van der Waals surface area contributed by atoms with Gasteiger partial charge in [0.15, 0.2) is 5.65 Å². The van der Waals surface area contributed by atoms with E-state index in [1.807, 2.05) is 29.1 Å². The van der Waals surface area contributed by atoms with Crippen LogP contribution in [0.5, 0.6) is 0 Å². The van der Waals surface area contributed by atoms with Crippen LogP contribution in [0.1, 0.15) is 25.7 Å². The molecule has 0 aliphatic carbocycles. The number of anilines is 1. The predicted octanol–water partition coefficient (Wildman–Crippen LogP) is 5.70. The lowest BCUT2D eigenvalue weighted by Crippen LogP contribution is -2.50. The van der Waals surface area contributed by atoms with Crippen LogP contribution in [0.3, 0.4) is 0 Å². The molecule has 11 nitrogen and oxygen atoms in total. The van der Waals surface area contributed by atoms with Crippen molar-refractivity contribution >= 4 is 53.7 Å². The number of halogens is 1. The summed E-state index contributed by atoms with van der Waals surface area (Å²) in [6.45, 7) is 8.16. The highest BCUT2D eigenvalue weighted by Gasteiger charge is 2.42. The zero-order chi connectivity index (χ0) is 29.6. The molecule has 1 aromatic carbocycles. The third-order valence-electron chi connectivity index (χ3n) is 8.30. The van der Waals surface area contributed by atoms with Crippen LogP contribution in [-0.2, 0) is 18.0 Å². The number of nitrogens with zero attached hydrogens (tertiary/aromatic N) is 7. The van der Waals surface area contributed by atoms with E-state index in [1.165, 1.54) is 0 Å². The summed E-state index contributed by atoms with van der Waals surface area (Å²) in [5, 5.41) is 26.8. The van der Waals surface area contributed by atoms with E-state index < -0.39 is 14.2 Å². The monoisotopic (exact) mass is 606 g/mol. The summed E-state index contributed by atoms with van der Waals surface area (Å²) in [6.07, 6.45) is 8.18. The molecule has 6 rings (SSSR count). The highest BCUT2D eigenvalue weighted by Crippen LogP contribution is 2.41. The van der Waals surface area contributed by atoms with Crippen molar-refractivity contribution < 1.29 is 14.6 Å². The maximum Gasteiger partial charge on any atom is 0.404 e. The summed E-state index contributed by atoms with van der Waals surface area (Å²) in [6, 6.07) is 7.41. The number of nitrogens with one attached hydrogen (secondary N) is 1. The number of aromatic nitrogens is 5. The van der Waals surface area contributed by atoms with Crippen LogP contribution in [0.15, 0.2) is 30.7 Å². The fourth-order valence-corrected chi connectivity index (χ4v) is 7.38. The van der Waals surface area contributed by atoms with E-state index in [-0.39, 0.29) is 24.7 Å². The third kappa shape index (κ3) is 5.56. The first kappa shape index (κ1) is 28.5. The van der Waals surface area contributed by atoms with Crippen LogP contribution in [0.4, 0.5) is 10.6 Å². The van der Waals surface area contributed by atoms with Gasteiger partial charge in [0.1, 0.15) is 24.6 Å². The second-order valence-electron chi connectivity index (χ2n) is 12.5. The average molecular weight is 607 g/mol. The molecule has 4 aromatic rings. The van der Waals surface area contributed by atoms with E-state index in [0.717, 1.165) is 70.7 Å². The second kappa shape index (κ2) is 11.2. The van der Waals surface area contributed by atoms with Crippen molar-refractivity contribution in [1.29, 1.82) is 5.26 Å². The fourth-order valence-electron chi connectivity index (χ4n) is 6.31. The van der Waals surface area contributed by atoms with Crippen molar-refractivity contribution in [2.75, 3.05) is 11.5 Å². The first-order chi connectivity index (χ1) is 20.1. The average Bonchev–Trinajstić information content (AvgIpc) is 3.58. The molecule has 2 aliphatic rings. The van der Waals surface area contributed by atoms with Crippen LogP contribution < -0.4 is 10.2 Å². The van der Waals surface area contributed by atoms with Gasteiger partial charge >= 0.3 is 6.09 Å². The number of amides is 1. The molecule has 2 bridgehead atoms. The van der Waals surface area contributed by atoms with Gasteiger partial charge in [0.05, 0.1) is 22.8 Å². The molecular formula is C29H35ClN8O3Si. The molecule has 0 saturated carbocycles. The lowest BCUT2D eigenvalue weighted by atomic mass is 9.97.